The highest BCUT2D eigenvalue weighted by atomic mass is 35.5. The molecule has 8 heteroatoms. The molecule has 0 spiro atoms. The Kier molecular flexibility index (Phi) is 7.17. The zero-order valence-electron chi connectivity index (χ0n) is 13.2. The molecule has 0 bridgehead atoms. The first-order valence-corrected chi connectivity index (χ1v) is 9.33. The van der Waals surface area contributed by atoms with Gasteiger partial charge in [-0.3, -0.25) is 0 Å². The van der Waals surface area contributed by atoms with Crippen LogP contribution in [-0.2, 0) is 9.53 Å². The maximum Gasteiger partial charge on any atom is 0.351 e. The Labute approximate surface area is 161 Å². The molecule has 1 aromatic carbocycles. The number of azo groups is 1. The van der Waals surface area contributed by atoms with Crippen molar-refractivity contribution in [2.75, 3.05) is 6.61 Å². The van der Waals surface area contributed by atoms with E-state index < -0.39 is 11.0 Å². The molecule has 0 radical (unpaired) electrons. The van der Waals surface area contributed by atoms with Crippen molar-refractivity contribution in [1.82, 2.24) is 0 Å². The second-order valence-electron chi connectivity index (χ2n) is 5.65. The molecule has 0 amide bonds. The zero-order valence-corrected chi connectivity index (χ0v) is 16.2. The minimum atomic E-state index is -1.57. The van der Waals surface area contributed by atoms with Gasteiger partial charge in [0, 0.05) is 10.9 Å². The lowest BCUT2D eigenvalue weighted by atomic mass is 9.83. The molecule has 2 rings (SSSR count). The molecule has 4 nitrogen and oxygen atoms in total. The predicted molar refractivity (Wildman–Crippen MR) is 97.8 cm³/mol. The number of benzene rings is 1. The van der Waals surface area contributed by atoms with Crippen molar-refractivity contribution in [1.29, 1.82) is 0 Å². The fraction of sp³-hybridized carbons (Fsp3) is 0.562. The standard InChI is InChI=1S/C16H18Cl4N2O2/c1-2-24-15(23)16(20,10-6-4-3-5-7-10)22-21-14-12(18)8-11(17)9-13(14)19/h8-10H,2-7H2,1H3/b22-21+. The first kappa shape index (κ1) is 19.8. The van der Waals surface area contributed by atoms with Gasteiger partial charge >= 0.3 is 5.97 Å². The molecule has 0 N–H and O–H groups in total. The number of rotatable bonds is 5. The summed E-state index contributed by atoms with van der Waals surface area (Å²) in [6, 6.07) is 3.01. The van der Waals surface area contributed by atoms with Gasteiger partial charge in [-0.1, -0.05) is 65.7 Å². The third kappa shape index (κ3) is 4.54. The third-order valence-electron chi connectivity index (χ3n) is 3.99. The Morgan fingerprint density at radius 2 is 1.79 bits per heavy atom. The molecule has 1 atom stereocenters. The lowest BCUT2D eigenvalue weighted by molar-refractivity contribution is -0.148. The van der Waals surface area contributed by atoms with Crippen LogP contribution in [0, 0.1) is 5.92 Å². The van der Waals surface area contributed by atoms with Crippen LogP contribution >= 0.6 is 46.4 Å². The molecule has 0 saturated heterocycles. The van der Waals surface area contributed by atoms with Crippen LogP contribution in [0.15, 0.2) is 22.4 Å². The summed E-state index contributed by atoms with van der Waals surface area (Å²) in [5.74, 6) is -0.732. The lowest BCUT2D eigenvalue weighted by Gasteiger charge is -2.31. The minimum Gasteiger partial charge on any atom is -0.463 e. The van der Waals surface area contributed by atoms with Gasteiger partial charge in [0.1, 0.15) is 5.69 Å². The van der Waals surface area contributed by atoms with Crippen molar-refractivity contribution >= 4 is 58.1 Å². The highest BCUT2D eigenvalue weighted by Gasteiger charge is 2.46. The van der Waals surface area contributed by atoms with Crippen molar-refractivity contribution in [2.24, 2.45) is 16.1 Å². The fourth-order valence-corrected chi connectivity index (χ4v) is 3.96. The molecular formula is C16H18Cl4N2O2. The number of carbonyl (C=O) groups excluding carboxylic acids is 1. The summed E-state index contributed by atoms with van der Waals surface area (Å²) in [4.78, 5) is 10.8. The molecule has 1 aliphatic carbocycles. The molecule has 0 aromatic heterocycles. The zero-order chi connectivity index (χ0) is 17.7. The number of ether oxygens (including phenoxy) is 1. The van der Waals surface area contributed by atoms with Crippen LogP contribution < -0.4 is 0 Å². The smallest absolute Gasteiger partial charge is 0.351 e. The van der Waals surface area contributed by atoms with E-state index in [4.69, 9.17) is 51.1 Å². The van der Waals surface area contributed by atoms with Crippen LogP contribution in [0.4, 0.5) is 5.69 Å². The van der Waals surface area contributed by atoms with Crippen LogP contribution in [-0.4, -0.2) is 17.6 Å². The van der Waals surface area contributed by atoms with E-state index in [1.807, 2.05) is 0 Å². The van der Waals surface area contributed by atoms with E-state index in [9.17, 15) is 4.79 Å². The van der Waals surface area contributed by atoms with Gasteiger partial charge in [-0.05, 0) is 31.9 Å². The lowest BCUT2D eigenvalue weighted by Crippen LogP contribution is -2.41. The molecule has 0 aliphatic heterocycles. The Morgan fingerprint density at radius 1 is 1.21 bits per heavy atom. The van der Waals surface area contributed by atoms with Gasteiger partial charge in [0.05, 0.1) is 16.7 Å². The SMILES string of the molecule is CCOC(=O)C(Cl)(/N=N/c1c(Cl)cc(Cl)cc1Cl)C1CCCCC1. The second kappa shape index (κ2) is 8.70. The highest BCUT2D eigenvalue weighted by Crippen LogP contribution is 2.42. The molecular weight excluding hydrogens is 394 g/mol. The summed E-state index contributed by atoms with van der Waals surface area (Å²) < 4.78 is 5.12. The van der Waals surface area contributed by atoms with Crippen molar-refractivity contribution in [3.05, 3.63) is 27.2 Å². The van der Waals surface area contributed by atoms with Gasteiger partial charge in [0.15, 0.2) is 0 Å². The van der Waals surface area contributed by atoms with Crippen LogP contribution in [0.1, 0.15) is 39.0 Å². The summed E-state index contributed by atoms with van der Waals surface area (Å²) in [6.45, 7) is 1.94. The van der Waals surface area contributed by atoms with Crippen molar-refractivity contribution in [2.45, 2.75) is 44.0 Å². The monoisotopic (exact) mass is 410 g/mol. The van der Waals surface area contributed by atoms with E-state index in [0.717, 1.165) is 32.1 Å². The Balaban J connectivity index is 2.36. The van der Waals surface area contributed by atoms with Crippen LogP contribution in [0.2, 0.25) is 15.1 Å². The molecule has 1 aromatic rings. The minimum absolute atomic E-state index is 0.138. The molecule has 1 saturated carbocycles. The Bertz CT molecular complexity index is 609. The van der Waals surface area contributed by atoms with E-state index in [0.29, 0.717) is 5.02 Å². The average molecular weight is 412 g/mol. The number of carbonyl (C=O) groups is 1. The molecule has 0 heterocycles. The van der Waals surface area contributed by atoms with Crippen molar-refractivity contribution in [3.8, 4) is 0 Å². The van der Waals surface area contributed by atoms with E-state index in [1.54, 1.807) is 6.92 Å². The van der Waals surface area contributed by atoms with Crippen LogP contribution in [0.3, 0.4) is 0 Å². The molecule has 1 fully saturated rings. The Hall–Kier alpha value is -0.550. The second-order valence-corrected chi connectivity index (χ2v) is 7.47. The predicted octanol–water partition coefficient (Wildman–Crippen LogP) is 6.81. The first-order valence-electron chi connectivity index (χ1n) is 7.82. The maximum atomic E-state index is 12.4. The summed E-state index contributed by atoms with van der Waals surface area (Å²) in [6.07, 6.45) is 4.71. The first-order chi connectivity index (χ1) is 11.4. The van der Waals surface area contributed by atoms with E-state index in [2.05, 4.69) is 10.2 Å². The maximum absolute atomic E-state index is 12.4. The third-order valence-corrected chi connectivity index (χ3v) is 5.32. The molecule has 1 aliphatic rings. The number of halogens is 4. The normalized spacial score (nSPS) is 18.5. The van der Waals surface area contributed by atoms with Gasteiger partial charge < -0.3 is 4.74 Å². The number of alkyl halides is 1. The van der Waals surface area contributed by atoms with Gasteiger partial charge in [0.25, 0.3) is 5.00 Å². The number of hydrogen-bond donors (Lipinski definition) is 0. The van der Waals surface area contributed by atoms with Gasteiger partial charge in [0.2, 0.25) is 0 Å². The van der Waals surface area contributed by atoms with E-state index in [-0.39, 0.29) is 28.3 Å². The number of esters is 1. The van der Waals surface area contributed by atoms with Crippen molar-refractivity contribution < 1.29 is 9.53 Å². The van der Waals surface area contributed by atoms with Crippen LogP contribution in [0.25, 0.3) is 0 Å². The summed E-state index contributed by atoms with van der Waals surface area (Å²) >= 11 is 24.7. The van der Waals surface area contributed by atoms with Gasteiger partial charge in [-0.15, -0.1) is 0 Å². The van der Waals surface area contributed by atoms with E-state index in [1.165, 1.54) is 12.1 Å². The highest BCUT2D eigenvalue weighted by molar-refractivity contribution is 6.41. The summed E-state index contributed by atoms with van der Waals surface area (Å²) in [5, 5.41) is 9.06. The van der Waals surface area contributed by atoms with Gasteiger partial charge in [-0.25, -0.2) is 4.79 Å². The van der Waals surface area contributed by atoms with Crippen LogP contribution in [0.5, 0.6) is 0 Å². The Morgan fingerprint density at radius 3 is 2.33 bits per heavy atom. The topological polar surface area (TPSA) is 51.0 Å². The molecule has 132 valence electrons. The van der Waals surface area contributed by atoms with Gasteiger partial charge in [-0.2, -0.15) is 10.2 Å². The summed E-state index contributed by atoms with van der Waals surface area (Å²) in [7, 11) is 0. The fourth-order valence-electron chi connectivity index (χ4n) is 2.76. The summed E-state index contributed by atoms with van der Waals surface area (Å²) in [5.41, 5.74) is 0.230. The van der Waals surface area contributed by atoms with E-state index >= 15 is 0 Å². The molecule has 24 heavy (non-hydrogen) atoms. The van der Waals surface area contributed by atoms with Crippen molar-refractivity contribution in [3.63, 3.8) is 0 Å². The average Bonchev–Trinajstić information content (AvgIpc) is 2.54. The quantitative estimate of drug-likeness (QED) is 0.231. The largest absolute Gasteiger partial charge is 0.463 e. The number of hydrogen-bond acceptors (Lipinski definition) is 4. The number of nitrogens with zero attached hydrogens (tertiary/aromatic N) is 2. The molecule has 1 unspecified atom stereocenters.